The third-order valence-corrected chi connectivity index (χ3v) is 6.73. The Morgan fingerprint density at radius 3 is 2.40 bits per heavy atom. The monoisotopic (exact) mass is 298 g/mol. The molecule has 0 fully saturated rings. The molecule has 1 atom stereocenters. The molecule has 0 aliphatic rings. The Bertz CT molecular complexity index is 388. The van der Waals surface area contributed by atoms with Crippen LogP contribution >= 0.6 is 0 Å². The fourth-order valence-electron chi connectivity index (χ4n) is 2.24. The van der Waals surface area contributed by atoms with E-state index >= 15 is 0 Å². The van der Waals surface area contributed by atoms with Crippen molar-refractivity contribution in [1.82, 2.24) is 0 Å². The van der Waals surface area contributed by atoms with Crippen molar-refractivity contribution in [3.05, 3.63) is 30.1 Å². The summed E-state index contributed by atoms with van der Waals surface area (Å²) in [5, 5.41) is 0. The number of aromatic nitrogens is 1. The maximum atomic E-state index is 5.44. The van der Waals surface area contributed by atoms with Gasteiger partial charge in [0.25, 0.3) is 0 Å². The van der Waals surface area contributed by atoms with Gasteiger partial charge in [0.15, 0.2) is 12.4 Å². The molecule has 4 nitrogen and oxygen atoms in total. The molecule has 0 radical (unpaired) electrons. The Balaban J connectivity index is 2.57. The van der Waals surface area contributed by atoms with Crippen LogP contribution in [-0.4, -0.2) is 30.1 Å². The average Bonchev–Trinajstić information content (AvgIpc) is 2.51. The molecule has 1 aromatic heterocycles. The molecule has 1 aromatic rings. The summed E-state index contributed by atoms with van der Waals surface area (Å²) in [7, 11) is 2.56. The van der Waals surface area contributed by atoms with E-state index in [0.29, 0.717) is 5.92 Å². The molecule has 1 heterocycles. The molecular formula is C15H28NO3Si+. The smallest absolute Gasteiger partial charge is 0.377 e. The number of hydrogen-bond donors (Lipinski definition) is 0. The van der Waals surface area contributed by atoms with Gasteiger partial charge in [0.1, 0.15) is 6.54 Å². The topological polar surface area (TPSA) is 31.6 Å². The SMILES string of the molecule is CCC(C)c1ccc[n+](CCC[Si](OC)(OC)OC)c1. The third-order valence-electron chi connectivity index (χ3n) is 3.89. The first-order chi connectivity index (χ1) is 9.60. The Labute approximate surface area is 124 Å². The van der Waals surface area contributed by atoms with Gasteiger partial charge in [0.2, 0.25) is 0 Å². The van der Waals surface area contributed by atoms with Gasteiger partial charge < -0.3 is 13.3 Å². The lowest BCUT2D eigenvalue weighted by atomic mass is 10.0. The molecule has 0 aliphatic carbocycles. The van der Waals surface area contributed by atoms with Crippen LogP contribution in [0.3, 0.4) is 0 Å². The molecule has 0 spiro atoms. The molecule has 0 N–H and O–H groups in total. The van der Waals surface area contributed by atoms with E-state index < -0.39 is 8.80 Å². The zero-order chi connectivity index (χ0) is 15.0. The van der Waals surface area contributed by atoms with Crippen LogP contribution in [0, 0.1) is 0 Å². The van der Waals surface area contributed by atoms with Crippen molar-refractivity contribution in [3.63, 3.8) is 0 Å². The lowest BCUT2D eigenvalue weighted by Crippen LogP contribution is -2.44. The third kappa shape index (κ3) is 4.66. The fraction of sp³-hybridized carbons (Fsp3) is 0.667. The van der Waals surface area contributed by atoms with Crippen LogP contribution in [0.4, 0.5) is 0 Å². The van der Waals surface area contributed by atoms with Gasteiger partial charge in [-0.05, 0) is 18.4 Å². The zero-order valence-electron chi connectivity index (χ0n) is 13.4. The van der Waals surface area contributed by atoms with E-state index in [0.717, 1.165) is 25.4 Å². The predicted molar refractivity (Wildman–Crippen MR) is 81.5 cm³/mol. The number of nitrogens with zero attached hydrogens (tertiary/aromatic N) is 1. The molecule has 0 saturated carbocycles. The lowest BCUT2D eigenvalue weighted by molar-refractivity contribution is -0.697. The summed E-state index contributed by atoms with van der Waals surface area (Å²) in [6, 6.07) is 5.15. The second kappa shape index (κ2) is 8.52. The van der Waals surface area contributed by atoms with Gasteiger partial charge in [0.05, 0.1) is 0 Å². The number of hydrogen-bond acceptors (Lipinski definition) is 3. The summed E-state index contributed by atoms with van der Waals surface area (Å²) >= 11 is 0. The number of aryl methyl sites for hydroxylation is 1. The zero-order valence-corrected chi connectivity index (χ0v) is 14.4. The van der Waals surface area contributed by atoms with Gasteiger partial charge in [-0.3, -0.25) is 0 Å². The predicted octanol–water partition coefficient (Wildman–Crippen LogP) is 2.76. The fourth-order valence-corrected chi connectivity index (χ4v) is 3.95. The van der Waals surface area contributed by atoms with E-state index in [2.05, 4.69) is 42.9 Å². The van der Waals surface area contributed by atoms with Crippen molar-refractivity contribution < 1.29 is 17.8 Å². The van der Waals surface area contributed by atoms with Crippen LogP contribution in [0.15, 0.2) is 24.5 Å². The summed E-state index contributed by atoms with van der Waals surface area (Å²) in [5.41, 5.74) is 1.39. The van der Waals surface area contributed by atoms with Crippen LogP contribution in [0.25, 0.3) is 0 Å². The van der Waals surface area contributed by atoms with Crippen molar-refractivity contribution in [1.29, 1.82) is 0 Å². The van der Waals surface area contributed by atoms with Crippen LogP contribution in [0.2, 0.25) is 6.04 Å². The first-order valence-electron chi connectivity index (χ1n) is 7.25. The first-order valence-corrected chi connectivity index (χ1v) is 9.18. The minimum atomic E-state index is -2.43. The maximum Gasteiger partial charge on any atom is 0.500 e. The Hall–Kier alpha value is -0.753. The standard InChI is InChI=1S/C15H28NO3Si/c1-6-14(2)15-9-7-10-16(13-15)11-8-12-20(17-3,18-4)19-5/h7,9-10,13-14H,6,8,11-12H2,1-5H3/q+1. The summed E-state index contributed by atoms with van der Waals surface area (Å²) in [4.78, 5) is 0. The molecule has 0 aliphatic heterocycles. The first kappa shape index (κ1) is 17.3. The molecule has 114 valence electrons. The highest BCUT2D eigenvalue weighted by Gasteiger charge is 2.37. The van der Waals surface area contributed by atoms with E-state index in [1.807, 2.05) is 0 Å². The second-order valence-corrected chi connectivity index (χ2v) is 8.17. The highest BCUT2D eigenvalue weighted by molar-refractivity contribution is 6.60. The van der Waals surface area contributed by atoms with Gasteiger partial charge in [-0.25, -0.2) is 4.57 Å². The summed E-state index contributed by atoms with van der Waals surface area (Å²) in [6.07, 6.45) is 6.50. The lowest BCUT2D eigenvalue weighted by Gasteiger charge is -2.23. The Morgan fingerprint density at radius 2 is 1.85 bits per heavy atom. The molecule has 0 bridgehead atoms. The van der Waals surface area contributed by atoms with Crippen LogP contribution in [0.1, 0.15) is 38.2 Å². The minimum Gasteiger partial charge on any atom is -0.377 e. The summed E-state index contributed by atoms with van der Waals surface area (Å²) in [6.45, 7) is 5.44. The number of rotatable bonds is 9. The normalized spacial score (nSPS) is 13.4. The second-order valence-electron chi connectivity index (χ2n) is 5.08. The van der Waals surface area contributed by atoms with Crippen molar-refractivity contribution in [2.45, 2.75) is 45.2 Å². The summed E-state index contributed by atoms with van der Waals surface area (Å²) in [5.74, 6) is 0.604. The molecule has 0 aromatic carbocycles. The van der Waals surface area contributed by atoms with Crippen LogP contribution < -0.4 is 4.57 Å². The van der Waals surface area contributed by atoms with Crippen LogP contribution in [0.5, 0.6) is 0 Å². The van der Waals surface area contributed by atoms with Gasteiger partial charge in [-0.1, -0.05) is 13.8 Å². The molecule has 20 heavy (non-hydrogen) atoms. The Morgan fingerprint density at radius 1 is 1.20 bits per heavy atom. The van der Waals surface area contributed by atoms with Crippen molar-refractivity contribution in [2.24, 2.45) is 0 Å². The van der Waals surface area contributed by atoms with Gasteiger partial charge >= 0.3 is 8.80 Å². The number of pyridine rings is 1. The van der Waals surface area contributed by atoms with Crippen molar-refractivity contribution in [3.8, 4) is 0 Å². The summed E-state index contributed by atoms with van der Waals surface area (Å²) < 4.78 is 18.6. The molecule has 0 amide bonds. The molecular weight excluding hydrogens is 270 g/mol. The molecule has 1 unspecified atom stereocenters. The highest BCUT2D eigenvalue weighted by Crippen LogP contribution is 2.17. The maximum absolute atomic E-state index is 5.44. The van der Waals surface area contributed by atoms with E-state index in [1.165, 1.54) is 5.56 Å². The quantitative estimate of drug-likeness (QED) is 0.519. The molecule has 5 heteroatoms. The van der Waals surface area contributed by atoms with E-state index in [-0.39, 0.29) is 0 Å². The van der Waals surface area contributed by atoms with E-state index in [1.54, 1.807) is 21.3 Å². The van der Waals surface area contributed by atoms with E-state index in [4.69, 9.17) is 13.3 Å². The minimum absolute atomic E-state index is 0.604. The van der Waals surface area contributed by atoms with Gasteiger partial charge in [0, 0.05) is 45.4 Å². The average molecular weight is 298 g/mol. The highest BCUT2D eigenvalue weighted by atomic mass is 28.4. The van der Waals surface area contributed by atoms with Crippen LogP contribution in [-0.2, 0) is 19.8 Å². The Kier molecular flexibility index (Phi) is 7.37. The van der Waals surface area contributed by atoms with Gasteiger partial charge in [-0.15, -0.1) is 0 Å². The van der Waals surface area contributed by atoms with Crippen molar-refractivity contribution in [2.75, 3.05) is 21.3 Å². The van der Waals surface area contributed by atoms with E-state index in [9.17, 15) is 0 Å². The largest absolute Gasteiger partial charge is 0.500 e. The molecule has 0 saturated heterocycles. The van der Waals surface area contributed by atoms with Gasteiger partial charge in [-0.2, -0.15) is 0 Å². The molecule has 1 rings (SSSR count). The van der Waals surface area contributed by atoms with Crippen molar-refractivity contribution >= 4 is 8.80 Å².